The summed E-state index contributed by atoms with van der Waals surface area (Å²) in [4.78, 5) is 26.2. The van der Waals surface area contributed by atoms with E-state index in [9.17, 15) is 14.7 Å². The number of pyridine rings is 1. The van der Waals surface area contributed by atoms with Crippen LogP contribution in [0, 0.1) is 0 Å². The molecule has 0 bridgehead atoms. The fraction of sp³-hybridized carbons (Fsp3) is 0.455. The monoisotopic (exact) mass is 238 g/mol. The number of aromatic hydroxyl groups is 1. The smallest absolute Gasteiger partial charge is 0.407 e. The zero-order valence-corrected chi connectivity index (χ0v) is 9.43. The summed E-state index contributed by atoms with van der Waals surface area (Å²) in [6, 6.07) is 1.13. The molecule has 0 radical (unpaired) electrons. The van der Waals surface area contributed by atoms with E-state index in [1.807, 2.05) is 6.92 Å². The molecule has 1 aromatic heterocycles. The topological polar surface area (TPSA) is 93.6 Å². The first-order chi connectivity index (χ1) is 7.99. The van der Waals surface area contributed by atoms with Gasteiger partial charge in [0.2, 0.25) is 0 Å². The van der Waals surface area contributed by atoms with Crippen LogP contribution in [0.15, 0.2) is 10.9 Å². The Morgan fingerprint density at radius 2 is 2.29 bits per heavy atom. The van der Waals surface area contributed by atoms with Crippen molar-refractivity contribution >= 4 is 6.09 Å². The number of amides is 1. The first-order valence-electron chi connectivity index (χ1n) is 5.42. The van der Waals surface area contributed by atoms with Crippen molar-refractivity contribution in [3.63, 3.8) is 0 Å². The molecule has 0 fully saturated rings. The van der Waals surface area contributed by atoms with Crippen LogP contribution in [0.25, 0.3) is 0 Å². The molecule has 0 aliphatic carbocycles. The molecule has 6 heteroatoms. The summed E-state index contributed by atoms with van der Waals surface area (Å²) in [5.74, 6) is -0.189. The van der Waals surface area contributed by atoms with Crippen LogP contribution in [-0.2, 0) is 6.42 Å². The first-order valence-corrected chi connectivity index (χ1v) is 5.42. The molecule has 1 atom stereocenters. The summed E-state index contributed by atoms with van der Waals surface area (Å²) in [6.07, 6.45) is -0.569. The van der Waals surface area contributed by atoms with E-state index in [1.54, 1.807) is 0 Å². The van der Waals surface area contributed by atoms with Crippen LogP contribution in [0.5, 0.6) is 5.75 Å². The Kier molecular flexibility index (Phi) is 2.79. The molecule has 2 rings (SSSR count). The molecule has 1 aliphatic heterocycles. The normalized spacial score (nSPS) is 19.6. The largest absolute Gasteiger partial charge is 0.507 e. The SMILES string of the molecule is CC1CN(C(=O)O)CCc2c(O)cc(=O)[nH]c21. The summed E-state index contributed by atoms with van der Waals surface area (Å²) in [7, 11) is 0. The highest BCUT2D eigenvalue weighted by Crippen LogP contribution is 2.27. The van der Waals surface area contributed by atoms with Gasteiger partial charge in [0.15, 0.2) is 0 Å². The Morgan fingerprint density at radius 3 is 2.94 bits per heavy atom. The van der Waals surface area contributed by atoms with Gasteiger partial charge in [-0.15, -0.1) is 0 Å². The molecule has 3 N–H and O–H groups in total. The lowest BCUT2D eigenvalue weighted by Crippen LogP contribution is -2.32. The molecule has 6 nitrogen and oxygen atoms in total. The van der Waals surface area contributed by atoms with Gasteiger partial charge < -0.3 is 20.1 Å². The second-order valence-corrected chi connectivity index (χ2v) is 4.29. The van der Waals surface area contributed by atoms with Crippen LogP contribution in [0.4, 0.5) is 4.79 Å². The number of carboxylic acid groups (broad SMARTS) is 1. The van der Waals surface area contributed by atoms with E-state index in [2.05, 4.69) is 4.98 Å². The van der Waals surface area contributed by atoms with Crippen molar-refractivity contribution in [3.8, 4) is 5.75 Å². The summed E-state index contributed by atoms with van der Waals surface area (Å²) in [6.45, 7) is 2.48. The van der Waals surface area contributed by atoms with Crippen LogP contribution >= 0.6 is 0 Å². The Balaban J connectivity index is 2.44. The maximum Gasteiger partial charge on any atom is 0.407 e. The highest BCUT2D eigenvalue weighted by Gasteiger charge is 2.25. The molecule has 1 aromatic rings. The summed E-state index contributed by atoms with van der Waals surface area (Å²) in [5, 5.41) is 18.7. The molecule has 0 saturated carbocycles. The van der Waals surface area contributed by atoms with E-state index in [4.69, 9.17) is 5.11 Å². The van der Waals surface area contributed by atoms with Crippen molar-refractivity contribution in [2.24, 2.45) is 0 Å². The number of nitrogens with zero attached hydrogens (tertiary/aromatic N) is 1. The van der Waals surface area contributed by atoms with Crippen LogP contribution in [0.2, 0.25) is 0 Å². The third-order valence-corrected chi connectivity index (χ3v) is 3.05. The minimum absolute atomic E-state index is 0.0529. The Labute approximate surface area is 97.5 Å². The standard InChI is InChI=1S/C11H14N2O4/c1-6-5-13(11(16)17)3-2-7-8(14)4-9(15)12-10(6)7/h4,6H,2-3,5H2,1H3,(H,16,17)(H2,12,14,15). The maximum absolute atomic E-state index is 11.3. The van der Waals surface area contributed by atoms with Crippen LogP contribution in [0.3, 0.4) is 0 Å². The van der Waals surface area contributed by atoms with Crippen molar-refractivity contribution in [1.82, 2.24) is 9.88 Å². The molecule has 0 aromatic carbocycles. The van der Waals surface area contributed by atoms with Gasteiger partial charge in [-0.2, -0.15) is 0 Å². The van der Waals surface area contributed by atoms with E-state index in [0.29, 0.717) is 30.8 Å². The number of hydrogen-bond acceptors (Lipinski definition) is 3. The molecule has 92 valence electrons. The van der Waals surface area contributed by atoms with Crippen molar-refractivity contribution in [3.05, 3.63) is 27.7 Å². The van der Waals surface area contributed by atoms with Crippen LogP contribution < -0.4 is 5.56 Å². The molecule has 1 aliphatic rings. The second-order valence-electron chi connectivity index (χ2n) is 4.29. The number of nitrogens with one attached hydrogen (secondary N) is 1. The van der Waals surface area contributed by atoms with Gasteiger partial charge in [0.1, 0.15) is 5.75 Å². The molecule has 0 saturated heterocycles. The number of rotatable bonds is 0. The second kappa shape index (κ2) is 4.12. The molecular formula is C11H14N2O4. The van der Waals surface area contributed by atoms with Gasteiger partial charge in [-0.05, 0) is 6.42 Å². The van der Waals surface area contributed by atoms with Crippen molar-refractivity contribution in [2.45, 2.75) is 19.3 Å². The summed E-state index contributed by atoms with van der Waals surface area (Å²) < 4.78 is 0. The van der Waals surface area contributed by atoms with Gasteiger partial charge in [-0.1, -0.05) is 6.92 Å². The number of fused-ring (bicyclic) bond motifs is 1. The summed E-state index contributed by atoms with van der Waals surface area (Å²) >= 11 is 0. The minimum atomic E-state index is -0.980. The molecule has 17 heavy (non-hydrogen) atoms. The molecule has 0 spiro atoms. The van der Waals surface area contributed by atoms with Crippen LogP contribution in [-0.4, -0.2) is 39.3 Å². The Hall–Kier alpha value is -1.98. The minimum Gasteiger partial charge on any atom is -0.507 e. The average molecular weight is 238 g/mol. The van der Waals surface area contributed by atoms with E-state index in [-0.39, 0.29) is 17.2 Å². The average Bonchev–Trinajstić information content (AvgIpc) is 2.39. The van der Waals surface area contributed by atoms with Gasteiger partial charge >= 0.3 is 6.09 Å². The first kappa shape index (κ1) is 11.5. The number of carbonyl (C=O) groups is 1. The Bertz CT molecular complexity index is 509. The highest BCUT2D eigenvalue weighted by atomic mass is 16.4. The van der Waals surface area contributed by atoms with Gasteiger partial charge in [0.05, 0.1) is 0 Å². The molecular weight excluding hydrogens is 224 g/mol. The van der Waals surface area contributed by atoms with E-state index >= 15 is 0 Å². The summed E-state index contributed by atoms with van der Waals surface area (Å²) in [5.41, 5.74) is 0.913. The number of aromatic nitrogens is 1. The molecule has 1 amide bonds. The number of aromatic amines is 1. The predicted octanol–water partition coefficient (Wildman–Crippen LogP) is 0.720. The lowest BCUT2D eigenvalue weighted by atomic mass is 10.0. The third kappa shape index (κ3) is 2.11. The quantitative estimate of drug-likeness (QED) is 0.620. The van der Waals surface area contributed by atoms with E-state index < -0.39 is 6.09 Å². The van der Waals surface area contributed by atoms with E-state index in [0.717, 1.165) is 6.07 Å². The zero-order chi connectivity index (χ0) is 12.6. The van der Waals surface area contributed by atoms with Gasteiger partial charge in [0, 0.05) is 36.3 Å². The number of H-pyrrole nitrogens is 1. The van der Waals surface area contributed by atoms with Crippen molar-refractivity contribution in [1.29, 1.82) is 0 Å². The highest BCUT2D eigenvalue weighted by molar-refractivity contribution is 5.65. The maximum atomic E-state index is 11.3. The molecule has 1 unspecified atom stereocenters. The van der Waals surface area contributed by atoms with Gasteiger partial charge in [-0.25, -0.2) is 4.79 Å². The lowest BCUT2D eigenvalue weighted by molar-refractivity contribution is 0.144. The van der Waals surface area contributed by atoms with Crippen molar-refractivity contribution < 1.29 is 15.0 Å². The van der Waals surface area contributed by atoms with E-state index in [1.165, 1.54) is 4.90 Å². The molecule has 2 heterocycles. The fourth-order valence-electron chi connectivity index (χ4n) is 2.21. The van der Waals surface area contributed by atoms with Crippen molar-refractivity contribution in [2.75, 3.05) is 13.1 Å². The van der Waals surface area contributed by atoms with Gasteiger partial charge in [0.25, 0.3) is 5.56 Å². The fourth-order valence-corrected chi connectivity index (χ4v) is 2.21. The predicted molar refractivity (Wildman–Crippen MR) is 60.4 cm³/mol. The Morgan fingerprint density at radius 1 is 1.59 bits per heavy atom. The zero-order valence-electron chi connectivity index (χ0n) is 9.43. The van der Waals surface area contributed by atoms with Gasteiger partial charge in [-0.3, -0.25) is 4.79 Å². The lowest BCUT2D eigenvalue weighted by Gasteiger charge is -2.18. The van der Waals surface area contributed by atoms with Crippen LogP contribution in [0.1, 0.15) is 24.1 Å². The third-order valence-electron chi connectivity index (χ3n) is 3.05. The number of hydrogen-bond donors (Lipinski definition) is 3.